The van der Waals surface area contributed by atoms with Crippen LogP contribution in [0.25, 0.3) is 11.1 Å². The summed E-state index contributed by atoms with van der Waals surface area (Å²) in [6.07, 6.45) is 0.00591. The van der Waals surface area contributed by atoms with Crippen LogP contribution in [0, 0.1) is 5.82 Å². The van der Waals surface area contributed by atoms with E-state index >= 15 is 0 Å². The molecule has 1 saturated heterocycles. The molecule has 0 radical (unpaired) electrons. The Labute approximate surface area is 138 Å². The first kappa shape index (κ1) is 16.1. The Morgan fingerprint density at radius 3 is 2.50 bits per heavy atom. The summed E-state index contributed by atoms with van der Waals surface area (Å²) in [6, 6.07) is 12.9. The van der Waals surface area contributed by atoms with Crippen LogP contribution in [0.4, 0.5) is 9.18 Å². The standard InChI is InChI=1S/C18H17FN2O3/c19-16-8-13(12-4-2-1-3-5-12)6-7-14(16)10-21-17(23)9-15(11-22)20-18(21)24/h1-8,15,22H,9-11H2,(H,20,24). The number of nitrogens with one attached hydrogen (secondary N) is 1. The Balaban J connectivity index is 1.79. The maximum Gasteiger partial charge on any atom is 0.324 e. The van der Waals surface area contributed by atoms with Gasteiger partial charge in [0.25, 0.3) is 0 Å². The topological polar surface area (TPSA) is 69.6 Å². The van der Waals surface area contributed by atoms with Gasteiger partial charge in [-0.05, 0) is 17.2 Å². The quantitative estimate of drug-likeness (QED) is 0.905. The summed E-state index contributed by atoms with van der Waals surface area (Å²) in [6.45, 7) is -0.435. The molecule has 1 aliphatic heterocycles. The second-order valence-corrected chi connectivity index (χ2v) is 5.69. The lowest BCUT2D eigenvalue weighted by molar-refractivity contribution is -0.131. The molecule has 1 aliphatic rings. The van der Waals surface area contributed by atoms with Crippen molar-refractivity contribution in [1.29, 1.82) is 0 Å². The number of carbonyl (C=O) groups is 2. The summed E-state index contributed by atoms with van der Waals surface area (Å²) in [4.78, 5) is 24.9. The van der Waals surface area contributed by atoms with Gasteiger partial charge in [0.1, 0.15) is 5.82 Å². The number of aliphatic hydroxyl groups excluding tert-OH is 1. The minimum absolute atomic E-state index is 0.00591. The van der Waals surface area contributed by atoms with Gasteiger partial charge < -0.3 is 10.4 Å². The molecule has 1 heterocycles. The van der Waals surface area contributed by atoms with Crippen LogP contribution in [0.2, 0.25) is 0 Å². The van der Waals surface area contributed by atoms with E-state index in [-0.39, 0.29) is 25.1 Å². The molecule has 0 bridgehead atoms. The number of carbonyl (C=O) groups excluding carboxylic acids is 2. The molecule has 0 spiro atoms. The molecule has 1 unspecified atom stereocenters. The first-order valence-corrected chi connectivity index (χ1v) is 7.64. The van der Waals surface area contributed by atoms with E-state index in [4.69, 9.17) is 5.11 Å². The Morgan fingerprint density at radius 1 is 1.12 bits per heavy atom. The maximum atomic E-state index is 14.4. The summed E-state index contributed by atoms with van der Waals surface area (Å²) >= 11 is 0. The molecule has 1 atom stereocenters. The molecule has 0 aliphatic carbocycles. The van der Waals surface area contributed by atoms with Crippen molar-refractivity contribution in [3.63, 3.8) is 0 Å². The van der Waals surface area contributed by atoms with E-state index in [1.165, 1.54) is 6.07 Å². The second-order valence-electron chi connectivity index (χ2n) is 5.69. The fourth-order valence-corrected chi connectivity index (χ4v) is 2.66. The number of imide groups is 1. The first-order chi connectivity index (χ1) is 11.6. The zero-order chi connectivity index (χ0) is 17.1. The zero-order valence-electron chi connectivity index (χ0n) is 12.9. The monoisotopic (exact) mass is 328 g/mol. The van der Waals surface area contributed by atoms with E-state index in [1.54, 1.807) is 12.1 Å². The van der Waals surface area contributed by atoms with Gasteiger partial charge in [-0.2, -0.15) is 0 Å². The van der Waals surface area contributed by atoms with Gasteiger partial charge in [0.15, 0.2) is 0 Å². The molecule has 3 rings (SSSR count). The van der Waals surface area contributed by atoms with Gasteiger partial charge in [-0.15, -0.1) is 0 Å². The third kappa shape index (κ3) is 3.28. The van der Waals surface area contributed by atoms with Crippen molar-refractivity contribution in [3.8, 4) is 11.1 Å². The summed E-state index contributed by atoms with van der Waals surface area (Å²) < 4.78 is 14.4. The number of rotatable bonds is 4. The van der Waals surface area contributed by atoms with Gasteiger partial charge >= 0.3 is 6.03 Å². The number of aliphatic hydroxyl groups is 1. The highest BCUT2D eigenvalue weighted by Gasteiger charge is 2.31. The van der Waals surface area contributed by atoms with Gasteiger partial charge in [0.2, 0.25) is 5.91 Å². The smallest absolute Gasteiger partial charge is 0.324 e. The maximum absolute atomic E-state index is 14.4. The number of amides is 3. The Hall–Kier alpha value is -2.73. The molecular formula is C18H17FN2O3. The van der Waals surface area contributed by atoms with Crippen LogP contribution in [-0.4, -0.2) is 34.6 Å². The molecular weight excluding hydrogens is 311 g/mol. The number of benzene rings is 2. The average Bonchev–Trinajstić information content (AvgIpc) is 2.59. The van der Waals surface area contributed by atoms with Gasteiger partial charge in [0, 0.05) is 12.0 Å². The summed E-state index contributed by atoms with van der Waals surface area (Å²) in [7, 11) is 0. The number of hydrogen-bond donors (Lipinski definition) is 2. The van der Waals surface area contributed by atoms with Crippen LogP contribution in [0.5, 0.6) is 0 Å². The summed E-state index contributed by atoms with van der Waals surface area (Å²) in [5.41, 5.74) is 1.88. The largest absolute Gasteiger partial charge is 0.394 e. The SMILES string of the molecule is O=C1CC(CO)NC(=O)N1Cc1ccc(-c2ccccc2)cc1F. The van der Waals surface area contributed by atoms with E-state index in [9.17, 15) is 14.0 Å². The van der Waals surface area contributed by atoms with Crippen molar-refractivity contribution in [2.75, 3.05) is 6.61 Å². The van der Waals surface area contributed by atoms with Gasteiger partial charge in [-0.3, -0.25) is 9.69 Å². The van der Waals surface area contributed by atoms with E-state index < -0.39 is 23.8 Å². The minimum atomic E-state index is -0.614. The molecule has 2 N–H and O–H groups in total. The van der Waals surface area contributed by atoms with Gasteiger partial charge in [-0.1, -0.05) is 42.5 Å². The van der Waals surface area contributed by atoms with E-state index in [0.717, 1.165) is 16.0 Å². The summed E-state index contributed by atoms with van der Waals surface area (Å²) in [5, 5.41) is 11.6. The third-order valence-corrected chi connectivity index (χ3v) is 4.00. The van der Waals surface area contributed by atoms with E-state index in [1.807, 2.05) is 30.3 Å². The third-order valence-electron chi connectivity index (χ3n) is 4.00. The summed E-state index contributed by atoms with van der Waals surface area (Å²) in [5.74, 6) is -0.898. The minimum Gasteiger partial charge on any atom is -0.394 e. The lowest BCUT2D eigenvalue weighted by Gasteiger charge is -2.30. The lowest BCUT2D eigenvalue weighted by atomic mass is 10.0. The van der Waals surface area contributed by atoms with Crippen LogP contribution in [-0.2, 0) is 11.3 Å². The molecule has 3 amide bonds. The Morgan fingerprint density at radius 2 is 1.88 bits per heavy atom. The highest BCUT2D eigenvalue weighted by molar-refractivity contribution is 5.97. The number of hydrogen-bond acceptors (Lipinski definition) is 3. The van der Waals surface area contributed by atoms with Gasteiger partial charge in [-0.25, -0.2) is 9.18 Å². The van der Waals surface area contributed by atoms with Crippen LogP contribution in [0.3, 0.4) is 0 Å². The second kappa shape index (κ2) is 6.80. The van der Waals surface area contributed by atoms with Crippen LogP contribution in [0.1, 0.15) is 12.0 Å². The molecule has 124 valence electrons. The molecule has 0 saturated carbocycles. The average molecular weight is 328 g/mol. The van der Waals surface area contributed by atoms with Crippen LogP contribution < -0.4 is 5.32 Å². The molecule has 2 aromatic rings. The predicted molar refractivity (Wildman–Crippen MR) is 86.4 cm³/mol. The molecule has 6 heteroatoms. The normalized spacial score (nSPS) is 17.8. The molecule has 24 heavy (non-hydrogen) atoms. The highest BCUT2D eigenvalue weighted by atomic mass is 19.1. The predicted octanol–water partition coefficient (Wildman–Crippen LogP) is 2.30. The molecule has 0 aromatic heterocycles. The molecule has 5 nitrogen and oxygen atoms in total. The van der Waals surface area contributed by atoms with Crippen molar-refractivity contribution < 1.29 is 19.1 Å². The van der Waals surface area contributed by atoms with Crippen LogP contribution in [0.15, 0.2) is 48.5 Å². The first-order valence-electron chi connectivity index (χ1n) is 7.64. The van der Waals surface area contributed by atoms with E-state index in [2.05, 4.69) is 5.32 Å². The zero-order valence-corrected chi connectivity index (χ0v) is 12.9. The Bertz CT molecular complexity index is 746. The molecule has 1 fully saturated rings. The number of urea groups is 1. The van der Waals surface area contributed by atoms with Crippen LogP contribution >= 0.6 is 0 Å². The molecule has 2 aromatic carbocycles. The number of halogens is 1. The van der Waals surface area contributed by atoms with Crippen molar-refractivity contribution in [1.82, 2.24) is 10.2 Å². The van der Waals surface area contributed by atoms with Crippen molar-refractivity contribution in [3.05, 3.63) is 59.9 Å². The fourth-order valence-electron chi connectivity index (χ4n) is 2.66. The fraction of sp³-hybridized carbons (Fsp3) is 0.222. The van der Waals surface area contributed by atoms with Crippen molar-refractivity contribution in [2.24, 2.45) is 0 Å². The highest BCUT2D eigenvalue weighted by Crippen LogP contribution is 2.23. The van der Waals surface area contributed by atoms with Crippen molar-refractivity contribution in [2.45, 2.75) is 19.0 Å². The van der Waals surface area contributed by atoms with Gasteiger partial charge in [0.05, 0.1) is 19.2 Å². The number of nitrogens with zero attached hydrogens (tertiary/aromatic N) is 1. The van der Waals surface area contributed by atoms with Crippen molar-refractivity contribution >= 4 is 11.9 Å². The Kier molecular flexibility index (Phi) is 4.57. The van der Waals surface area contributed by atoms with E-state index in [0.29, 0.717) is 0 Å². The lowest BCUT2D eigenvalue weighted by Crippen LogP contribution is -2.55.